The zero-order valence-corrected chi connectivity index (χ0v) is 4.99. The normalized spacial score (nSPS) is 10.6. The average molecular weight is 110 g/mol. The van der Waals surface area contributed by atoms with Crippen LogP contribution in [0.4, 0.5) is 5.69 Å². The minimum Gasteiger partial charge on any atom is -0.397 e. The van der Waals surface area contributed by atoms with Gasteiger partial charge >= 0.3 is 0 Å². The lowest BCUT2D eigenvalue weighted by molar-refractivity contribution is 0.935. The van der Waals surface area contributed by atoms with Crippen molar-refractivity contribution < 1.29 is 0 Å². The van der Waals surface area contributed by atoms with Gasteiger partial charge in [-0.05, 0) is 6.42 Å². The predicted molar refractivity (Wildman–Crippen MR) is 33.1 cm³/mol. The number of hydrogen-bond donors (Lipinski definition) is 2. The van der Waals surface area contributed by atoms with Crippen LogP contribution in [0.2, 0.25) is 0 Å². The van der Waals surface area contributed by atoms with Gasteiger partial charge in [0.25, 0.3) is 0 Å². The topological polar surface area (TPSA) is 49.9 Å². The molecule has 0 aliphatic rings. The van der Waals surface area contributed by atoms with Crippen molar-refractivity contribution in [3.8, 4) is 0 Å². The van der Waals surface area contributed by atoms with Crippen molar-refractivity contribution in [2.75, 3.05) is 5.73 Å². The summed E-state index contributed by atoms with van der Waals surface area (Å²) in [6.45, 7) is 2.09. The van der Waals surface area contributed by atoms with Gasteiger partial charge in [-0.1, -0.05) is 13.3 Å². The van der Waals surface area contributed by atoms with Gasteiger partial charge in [-0.25, -0.2) is 0 Å². The molecule has 0 bridgehead atoms. The third kappa shape index (κ3) is 0.619. The predicted octanol–water partition coefficient (Wildman–Crippen LogP) is 0.576. The maximum Gasteiger partial charge on any atom is 0.0826 e. The van der Waals surface area contributed by atoms with Crippen LogP contribution in [0.3, 0.4) is 0 Å². The van der Waals surface area contributed by atoms with Gasteiger partial charge in [-0.3, -0.25) is 5.41 Å². The second-order valence-corrected chi connectivity index (χ2v) is 2.02. The van der Waals surface area contributed by atoms with Crippen molar-refractivity contribution >= 4 is 5.69 Å². The van der Waals surface area contributed by atoms with Crippen molar-refractivity contribution in [1.29, 1.82) is 5.41 Å². The molecule has 0 fully saturated rings. The van der Waals surface area contributed by atoms with Crippen LogP contribution in [0.1, 0.15) is 18.9 Å². The Bertz CT molecular complexity index is 194. The molecule has 1 rings (SSSR count). The molecule has 0 amide bonds. The second kappa shape index (κ2) is 1.62. The highest BCUT2D eigenvalue weighted by molar-refractivity contribution is 5.58. The molecule has 0 heterocycles. The number of anilines is 1. The molecule has 0 unspecified atom stereocenters. The molecule has 44 valence electrons. The fourth-order valence-corrected chi connectivity index (χ4v) is 0.753. The zero-order valence-electron chi connectivity index (χ0n) is 4.99. The minimum atomic E-state index is 0.590. The van der Waals surface area contributed by atoms with Crippen LogP contribution in [-0.2, 0) is 6.42 Å². The van der Waals surface area contributed by atoms with E-state index in [0.29, 0.717) is 5.36 Å². The fraction of sp³-hybridized carbons (Fsp3) is 0.500. The Kier molecular flexibility index (Phi) is 1.08. The van der Waals surface area contributed by atoms with E-state index in [2.05, 4.69) is 6.92 Å². The molecular weight excluding hydrogens is 100 g/mol. The van der Waals surface area contributed by atoms with Crippen molar-refractivity contribution in [1.82, 2.24) is 0 Å². The molecule has 1 aromatic rings. The Morgan fingerprint density at radius 2 is 2.12 bits per heavy atom. The summed E-state index contributed by atoms with van der Waals surface area (Å²) >= 11 is 0. The van der Waals surface area contributed by atoms with E-state index in [-0.39, 0.29) is 0 Å². The maximum absolute atomic E-state index is 7.08. The van der Waals surface area contributed by atoms with Crippen molar-refractivity contribution in [2.24, 2.45) is 0 Å². The number of nitrogen functional groups attached to an aromatic ring is 1. The van der Waals surface area contributed by atoms with Crippen LogP contribution in [0.5, 0.6) is 0 Å². The Morgan fingerprint density at radius 3 is 2.25 bits per heavy atom. The van der Waals surface area contributed by atoms with Gasteiger partial charge in [0.15, 0.2) is 0 Å². The minimum absolute atomic E-state index is 0.590. The fourth-order valence-electron chi connectivity index (χ4n) is 0.753. The van der Waals surface area contributed by atoms with Gasteiger partial charge in [0.2, 0.25) is 0 Å². The van der Waals surface area contributed by atoms with Crippen molar-refractivity contribution in [3.05, 3.63) is 10.9 Å². The third-order valence-electron chi connectivity index (χ3n) is 1.33. The van der Waals surface area contributed by atoms with Crippen LogP contribution in [0.15, 0.2) is 0 Å². The van der Waals surface area contributed by atoms with Gasteiger partial charge < -0.3 is 5.73 Å². The molecule has 0 aliphatic heterocycles. The first-order chi connectivity index (χ1) is 3.77. The van der Waals surface area contributed by atoms with Crippen molar-refractivity contribution in [2.45, 2.75) is 19.8 Å². The molecule has 0 radical (unpaired) electrons. The Balaban J connectivity index is 2.54. The Labute approximate surface area is 48.5 Å². The molecule has 8 heavy (non-hydrogen) atoms. The summed E-state index contributed by atoms with van der Waals surface area (Å²) in [5, 5.41) is 7.67. The van der Waals surface area contributed by atoms with Crippen LogP contribution < -0.4 is 11.1 Å². The number of rotatable bonds is 2. The van der Waals surface area contributed by atoms with Gasteiger partial charge in [0, 0.05) is 5.56 Å². The van der Waals surface area contributed by atoms with E-state index in [0.717, 1.165) is 24.1 Å². The summed E-state index contributed by atoms with van der Waals surface area (Å²) in [7, 11) is 0. The van der Waals surface area contributed by atoms with Crippen molar-refractivity contribution in [3.63, 3.8) is 0 Å². The van der Waals surface area contributed by atoms with Crippen LogP contribution in [0.25, 0.3) is 0 Å². The molecule has 0 spiro atoms. The molecule has 0 atom stereocenters. The molecule has 2 heteroatoms. The number of nitrogens with one attached hydrogen (secondary N) is 1. The third-order valence-corrected chi connectivity index (χ3v) is 1.33. The molecular formula is C6H10N2. The van der Waals surface area contributed by atoms with E-state index >= 15 is 0 Å². The Morgan fingerprint density at radius 1 is 1.62 bits per heavy atom. The van der Waals surface area contributed by atoms with Crippen LogP contribution in [-0.4, -0.2) is 0 Å². The molecule has 0 saturated carbocycles. The molecule has 0 aromatic heterocycles. The Hall–Kier alpha value is -0.790. The lowest BCUT2D eigenvalue weighted by atomic mass is 10.3. The summed E-state index contributed by atoms with van der Waals surface area (Å²) in [5.41, 5.74) is 7.16. The van der Waals surface area contributed by atoms with E-state index in [1.54, 1.807) is 0 Å². The highest BCUT2D eigenvalue weighted by atomic mass is 14.7. The molecule has 3 N–H and O–H groups in total. The largest absolute Gasteiger partial charge is 0.397 e. The summed E-state index contributed by atoms with van der Waals surface area (Å²) in [4.78, 5) is 0. The first-order valence-electron chi connectivity index (χ1n) is 2.85. The van der Waals surface area contributed by atoms with Gasteiger partial charge in [0.1, 0.15) is 0 Å². The first-order valence-corrected chi connectivity index (χ1v) is 2.85. The van der Waals surface area contributed by atoms with Gasteiger partial charge in [-0.2, -0.15) is 0 Å². The highest BCUT2D eigenvalue weighted by Crippen LogP contribution is 2.11. The quantitative estimate of drug-likeness (QED) is 0.574. The average Bonchev–Trinajstić information content (AvgIpc) is 2.25. The monoisotopic (exact) mass is 110 g/mol. The lowest BCUT2D eigenvalue weighted by Crippen LogP contribution is -1.81. The highest BCUT2D eigenvalue weighted by Gasteiger charge is 2.11. The molecule has 1 aromatic carbocycles. The summed E-state index contributed by atoms with van der Waals surface area (Å²) in [5.74, 6) is 0. The standard InChI is InChI=1S/C6H10N2/c1-2-3-4-5(7)6(4)8/h7H,2-3,8H2,1H3. The smallest absolute Gasteiger partial charge is 0.0826 e. The van der Waals surface area contributed by atoms with E-state index < -0.39 is 0 Å². The molecule has 0 aliphatic carbocycles. The van der Waals surface area contributed by atoms with Gasteiger partial charge in [0.05, 0.1) is 11.0 Å². The van der Waals surface area contributed by atoms with E-state index in [9.17, 15) is 0 Å². The summed E-state index contributed by atoms with van der Waals surface area (Å²) in [6.07, 6.45) is 2.09. The lowest BCUT2D eigenvalue weighted by Gasteiger charge is -1.78. The van der Waals surface area contributed by atoms with Crippen LogP contribution >= 0.6 is 0 Å². The second-order valence-electron chi connectivity index (χ2n) is 2.02. The SMILES string of the molecule is CCCc1c(N)c1=N. The van der Waals surface area contributed by atoms with E-state index in [1.807, 2.05) is 0 Å². The zero-order chi connectivity index (χ0) is 6.15. The summed E-state index contributed by atoms with van der Waals surface area (Å²) < 4.78 is 0. The molecule has 2 nitrogen and oxygen atoms in total. The summed E-state index contributed by atoms with van der Waals surface area (Å²) in [6, 6.07) is 0. The van der Waals surface area contributed by atoms with Gasteiger partial charge in [-0.15, -0.1) is 0 Å². The van der Waals surface area contributed by atoms with Crippen LogP contribution in [0, 0.1) is 5.41 Å². The number of hydrogen-bond acceptors (Lipinski definition) is 2. The van der Waals surface area contributed by atoms with E-state index in [1.165, 1.54) is 0 Å². The maximum atomic E-state index is 7.08. The number of nitrogens with two attached hydrogens (primary N) is 1. The van der Waals surface area contributed by atoms with E-state index in [4.69, 9.17) is 11.1 Å². The first kappa shape index (κ1) is 5.35. The molecule has 0 saturated heterocycles.